The van der Waals surface area contributed by atoms with Crippen LogP contribution in [0.25, 0.3) is 0 Å². The highest BCUT2D eigenvalue weighted by molar-refractivity contribution is 7.92. The lowest BCUT2D eigenvalue weighted by molar-refractivity contribution is 0.0950. The molecule has 0 aliphatic carbocycles. The van der Waals surface area contributed by atoms with E-state index in [1.54, 1.807) is 31.2 Å². The van der Waals surface area contributed by atoms with Crippen molar-refractivity contribution in [2.24, 2.45) is 0 Å². The molecule has 0 heterocycles. The number of hydrogen-bond acceptors (Lipinski definition) is 3. The first-order valence-corrected chi connectivity index (χ1v) is 10.8. The van der Waals surface area contributed by atoms with Crippen molar-refractivity contribution in [2.45, 2.75) is 32.2 Å². The predicted octanol–water partition coefficient (Wildman–Crippen LogP) is 4.34. The number of benzene rings is 3. The summed E-state index contributed by atoms with van der Waals surface area (Å²) < 4.78 is 28.5. The largest absolute Gasteiger partial charge is 0.348 e. The van der Waals surface area contributed by atoms with Crippen LogP contribution in [0.15, 0.2) is 71.6 Å². The van der Waals surface area contributed by atoms with Crippen molar-refractivity contribution < 1.29 is 13.2 Å². The molecular formula is C23H24N2O3S. The number of rotatable bonds is 6. The highest BCUT2D eigenvalue weighted by Crippen LogP contribution is 2.22. The molecule has 1 amide bonds. The minimum absolute atomic E-state index is 0.0862. The second-order valence-corrected chi connectivity index (χ2v) is 8.70. The summed E-state index contributed by atoms with van der Waals surface area (Å²) in [6.07, 6.45) is 0. The Morgan fingerprint density at radius 1 is 0.828 bits per heavy atom. The van der Waals surface area contributed by atoms with E-state index < -0.39 is 10.0 Å². The normalized spacial score (nSPS) is 11.1. The van der Waals surface area contributed by atoms with Crippen LogP contribution >= 0.6 is 0 Å². The lowest BCUT2D eigenvalue weighted by Gasteiger charge is -2.13. The van der Waals surface area contributed by atoms with Crippen molar-refractivity contribution in [3.63, 3.8) is 0 Å². The number of anilines is 1. The van der Waals surface area contributed by atoms with E-state index in [1.807, 2.05) is 50.2 Å². The van der Waals surface area contributed by atoms with Crippen molar-refractivity contribution in [1.82, 2.24) is 5.32 Å². The summed E-state index contributed by atoms with van der Waals surface area (Å²) in [4.78, 5) is 12.6. The van der Waals surface area contributed by atoms with Gasteiger partial charge in [0, 0.05) is 17.8 Å². The van der Waals surface area contributed by atoms with Gasteiger partial charge in [-0.3, -0.25) is 9.52 Å². The van der Waals surface area contributed by atoms with Gasteiger partial charge in [-0.1, -0.05) is 42.5 Å². The molecule has 0 aromatic heterocycles. The minimum atomic E-state index is -3.83. The van der Waals surface area contributed by atoms with E-state index >= 15 is 0 Å². The van der Waals surface area contributed by atoms with E-state index in [4.69, 9.17) is 0 Å². The number of nitrogens with one attached hydrogen (secondary N) is 2. The van der Waals surface area contributed by atoms with Gasteiger partial charge in [-0.15, -0.1) is 0 Å². The molecule has 0 aliphatic heterocycles. The maximum Gasteiger partial charge on any atom is 0.262 e. The number of carbonyl (C=O) groups is 1. The van der Waals surface area contributed by atoms with Gasteiger partial charge >= 0.3 is 0 Å². The third-order valence-electron chi connectivity index (χ3n) is 4.79. The van der Waals surface area contributed by atoms with Crippen LogP contribution in [0.1, 0.15) is 32.6 Å². The Balaban J connectivity index is 1.81. The van der Waals surface area contributed by atoms with Gasteiger partial charge in [-0.2, -0.15) is 0 Å². The number of amides is 1. The quantitative estimate of drug-likeness (QED) is 0.637. The fraction of sp³-hybridized carbons (Fsp3) is 0.174. The summed E-state index contributed by atoms with van der Waals surface area (Å²) in [5.41, 5.74) is 4.41. The Hall–Kier alpha value is -3.12. The second kappa shape index (κ2) is 8.49. The van der Waals surface area contributed by atoms with Gasteiger partial charge in [0.15, 0.2) is 0 Å². The van der Waals surface area contributed by atoms with Crippen LogP contribution in [0, 0.1) is 20.8 Å². The molecule has 3 rings (SSSR count). The van der Waals surface area contributed by atoms with E-state index in [-0.39, 0.29) is 10.8 Å². The van der Waals surface area contributed by atoms with Crippen LogP contribution in [0.5, 0.6) is 0 Å². The van der Waals surface area contributed by atoms with E-state index in [9.17, 15) is 13.2 Å². The third-order valence-corrected chi connectivity index (χ3v) is 6.32. The monoisotopic (exact) mass is 408 g/mol. The first-order valence-electron chi connectivity index (χ1n) is 9.29. The highest BCUT2D eigenvalue weighted by atomic mass is 32.2. The van der Waals surface area contributed by atoms with Gasteiger partial charge < -0.3 is 5.32 Å². The standard InChI is InChI=1S/C23H24N2O3S/c1-16-10-12-21(13-18(16)3)25-29(27,28)22-14-20(11-9-17(22)2)23(26)24-15-19-7-5-4-6-8-19/h4-14,25H,15H2,1-3H3,(H,24,26). The molecule has 3 aromatic carbocycles. The van der Waals surface area contributed by atoms with Gasteiger partial charge in [0.2, 0.25) is 0 Å². The summed E-state index contributed by atoms with van der Waals surface area (Å²) in [5, 5.41) is 2.82. The van der Waals surface area contributed by atoms with Gasteiger partial charge in [0.05, 0.1) is 4.90 Å². The minimum Gasteiger partial charge on any atom is -0.348 e. The molecule has 0 fully saturated rings. The third kappa shape index (κ3) is 5.03. The molecule has 5 nitrogen and oxygen atoms in total. The smallest absolute Gasteiger partial charge is 0.262 e. The fourth-order valence-electron chi connectivity index (χ4n) is 2.93. The van der Waals surface area contributed by atoms with Crippen LogP contribution in [0.4, 0.5) is 5.69 Å². The van der Waals surface area contributed by atoms with Crippen molar-refractivity contribution in [3.8, 4) is 0 Å². The highest BCUT2D eigenvalue weighted by Gasteiger charge is 2.19. The van der Waals surface area contributed by atoms with Gasteiger partial charge in [0.25, 0.3) is 15.9 Å². The van der Waals surface area contributed by atoms with Gasteiger partial charge in [-0.05, 0) is 67.3 Å². The van der Waals surface area contributed by atoms with E-state index in [0.717, 1.165) is 16.7 Å². The lowest BCUT2D eigenvalue weighted by Crippen LogP contribution is -2.23. The zero-order valence-electron chi connectivity index (χ0n) is 16.7. The van der Waals surface area contributed by atoms with Crippen LogP contribution < -0.4 is 10.0 Å². The molecule has 0 radical (unpaired) electrons. The van der Waals surface area contributed by atoms with E-state index in [2.05, 4.69) is 10.0 Å². The summed E-state index contributed by atoms with van der Waals surface area (Å²) in [6.45, 7) is 5.97. The molecule has 6 heteroatoms. The average molecular weight is 409 g/mol. The molecule has 2 N–H and O–H groups in total. The van der Waals surface area contributed by atoms with Crippen LogP contribution in [0.3, 0.4) is 0 Å². The summed E-state index contributed by atoms with van der Waals surface area (Å²) in [6, 6.07) is 19.6. The van der Waals surface area contributed by atoms with Crippen LogP contribution in [-0.2, 0) is 16.6 Å². The van der Waals surface area contributed by atoms with Crippen molar-refractivity contribution in [2.75, 3.05) is 4.72 Å². The molecule has 0 bridgehead atoms. The van der Waals surface area contributed by atoms with Gasteiger partial charge in [-0.25, -0.2) is 8.42 Å². The van der Waals surface area contributed by atoms with Crippen molar-refractivity contribution in [3.05, 3.63) is 94.5 Å². The summed E-state index contributed by atoms with van der Waals surface area (Å²) in [5.74, 6) is -0.323. The topological polar surface area (TPSA) is 75.3 Å². The number of carbonyl (C=O) groups excluding carboxylic acids is 1. The number of sulfonamides is 1. The molecule has 0 saturated heterocycles. The number of hydrogen-bond donors (Lipinski definition) is 2. The molecule has 0 saturated carbocycles. The van der Waals surface area contributed by atoms with Crippen LogP contribution in [-0.4, -0.2) is 14.3 Å². The molecular weight excluding hydrogens is 384 g/mol. The molecule has 3 aromatic rings. The second-order valence-electron chi connectivity index (χ2n) is 7.05. The summed E-state index contributed by atoms with van der Waals surface area (Å²) >= 11 is 0. The van der Waals surface area contributed by atoms with E-state index in [0.29, 0.717) is 23.4 Å². The zero-order valence-corrected chi connectivity index (χ0v) is 17.5. The Morgan fingerprint density at radius 2 is 1.52 bits per heavy atom. The Labute approximate surface area is 171 Å². The van der Waals surface area contributed by atoms with E-state index in [1.165, 1.54) is 6.07 Å². The molecule has 150 valence electrons. The fourth-order valence-corrected chi connectivity index (χ4v) is 4.25. The molecule has 0 aliphatic rings. The lowest BCUT2D eigenvalue weighted by atomic mass is 10.1. The maximum atomic E-state index is 12.9. The predicted molar refractivity (Wildman–Crippen MR) is 116 cm³/mol. The van der Waals surface area contributed by atoms with Gasteiger partial charge in [0.1, 0.15) is 0 Å². The SMILES string of the molecule is Cc1ccc(NS(=O)(=O)c2cc(C(=O)NCc3ccccc3)ccc2C)cc1C. The summed E-state index contributed by atoms with van der Waals surface area (Å²) in [7, 11) is -3.83. The molecule has 0 unspecified atom stereocenters. The maximum absolute atomic E-state index is 12.9. The van der Waals surface area contributed by atoms with Crippen molar-refractivity contribution >= 4 is 21.6 Å². The first kappa shape index (κ1) is 20.6. The Morgan fingerprint density at radius 3 is 2.21 bits per heavy atom. The molecule has 0 spiro atoms. The molecule has 29 heavy (non-hydrogen) atoms. The Kier molecular flexibility index (Phi) is 6.03. The van der Waals surface area contributed by atoms with Crippen molar-refractivity contribution in [1.29, 1.82) is 0 Å². The first-order chi connectivity index (χ1) is 13.8. The average Bonchev–Trinajstić information content (AvgIpc) is 2.69. The Bertz CT molecular complexity index is 1140. The zero-order chi connectivity index (χ0) is 21.0. The van der Waals surface area contributed by atoms with Crippen LogP contribution in [0.2, 0.25) is 0 Å². The number of aryl methyl sites for hydroxylation is 3. The molecule has 0 atom stereocenters.